The van der Waals surface area contributed by atoms with Crippen LogP contribution >= 0.6 is 11.6 Å². The summed E-state index contributed by atoms with van der Waals surface area (Å²) in [6.45, 7) is 2.78. The van der Waals surface area contributed by atoms with Gasteiger partial charge >= 0.3 is 6.18 Å². The molecular weight excluding hydrogens is 741 g/mol. The SMILES string of the molecule is Cn1c(-c2cn(-c3ccc(N)cn3)nc2C(F)(F)F)cnc1C(=O)Nc1ccc(C(=O)N2CCN(C(=O)C3CCNCC3)CC2)c(Cl)c1.O=CO.O=CO. The van der Waals surface area contributed by atoms with Gasteiger partial charge in [0.25, 0.3) is 24.8 Å². The Morgan fingerprint density at radius 3 is 2.19 bits per heavy atom. The number of imidazole rings is 1. The molecule has 0 aliphatic carbocycles. The van der Waals surface area contributed by atoms with Crippen LogP contribution in [0.4, 0.5) is 24.5 Å². The molecule has 21 heteroatoms. The number of piperazine rings is 1. The number of pyridine rings is 1. The van der Waals surface area contributed by atoms with E-state index in [-0.39, 0.29) is 69.8 Å². The number of carbonyl (C=O) groups excluding carboxylic acids is 3. The average Bonchev–Trinajstić information content (AvgIpc) is 3.77. The van der Waals surface area contributed by atoms with Crippen molar-refractivity contribution in [1.82, 2.24) is 39.4 Å². The molecule has 0 bridgehead atoms. The second-order valence-corrected chi connectivity index (χ2v) is 12.2. The molecule has 1 aromatic carbocycles. The number of carbonyl (C=O) groups is 5. The van der Waals surface area contributed by atoms with Crippen LogP contribution in [0.2, 0.25) is 5.02 Å². The quantitative estimate of drug-likeness (QED) is 0.178. The van der Waals surface area contributed by atoms with E-state index in [0.29, 0.717) is 31.9 Å². The van der Waals surface area contributed by atoms with Gasteiger partial charge in [-0.2, -0.15) is 18.3 Å². The Balaban J connectivity index is 0.00000102. The van der Waals surface area contributed by atoms with Gasteiger partial charge in [0, 0.05) is 51.0 Å². The van der Waals surface area contributed by atoms with Gasteiger partial charge in [-0.3, -0.25) is 24.0 Å². The van der Waals surface area contributed by atoms with Gasteiger partial charge < -0.3 is 40.9 Å². The first kappa shape index (κ1) is 40.7. The molecule has 288 valence electrons. The van der Waals surface area contributed by atoms with Crippen LogP contribution in [0.25, 0.3) is 17.1 Å². The van der Waals surface area contributed by atoms with E-state index in [1.54, 1.807) is 4.90 Å². The smallest absolute Gasteiger partial charge is 0.435 e. The zero-order valence-electron chi connectivity index (χ0n) is 28.7. The highest BCUT2D eigenvalue weighted by Crippen LogP contribution is 2.37. The number of anilines is 2. The molecule has 2 aliphatic heterocycles. The number of hydrogen-bond donors (Lipinski definition) is 5. The summed E-state index contributed by atoms with van der Waals surface area (Å²) in [7, 11) is 1.41. The normalized spacial score (nSPS) is 14.5. The van der Waals surface area contributed by atoms with Gasteiger partial charge in [0.15, 0.2) is 17.3 Å². The monoisotopic (exact) mass is 776 g/mol. The van der Waals surface area contributed by atoms with E-state index in [9.17, 15) is 27.6 Å². The second-order valence-electron chi connectivity index (χ2n) is 11.8. The van der Waals surface area contributed by atoms with E-state index in [2.05, 4.69) is 25.7 Å². The minimum absolute atomic E-state index is 0.00862. The molecule has 3 amide bonds. The Bertz CT molecular complexity index is 1950. The van der Waals surface area contributed by atoms with Crippen LogP contribution in [-0.2, 0) is 27.6 Å². The van der Waals surface area contributed by atoms with Crippen LogP contribution in [0.15, 0.2) is 48.9 Å². The minimum atomic E-state index is -4.81. The van der Waals surface area contributed by atoms with Crippen LogP contribution in [-0.4, -0.2) is 114 Å². The van der Waals surface area contributed by atoms with Gasteiger partial charge in [-0.25, -0.2) is 14.6 Å². The van der Waals surface area contributed by atoms with E-state index in [1.807, 2.05) is 4.90 Å². The molecule has 0 radical (unpaired) electrons. The number of benzene rings is 1. The van der Waals surface area contributed by atoms with Gasteiger partial charge in [-0.05, 0) is 56.3 Å². The topological polar surface area (TPSA) is 231 Å². The number of piperidine rings is 1. The van der Waals surface area contributed by atoms with Crippen molar-refractivity contribution in [3.8, 4) is 17.1 Å². The van der Waals surface area contributed by atoms with Gasteiger partial charge in [-0.1, -0.05) is 11.6 Å². The molecule has 0 spiro atoms. The highest BCUT2D eigenvalue weighted by atomic mass is 35.5. The van der Waals surface area contributed by atoms with E-state index in [1.165, 1.54) is 48.1 Å². The molecule has 0 atom stereocenters. The lowest BCUT2D eigenvalue weighted by molar-refractivity contribution is -0.141. The number of nitrogens with one attached hydrogen (secondary N) is 2. The Hall–Kier alpha value is -6.02. The van der Waals surface area contributed by atoms with Gasteiger partial charge in [0.2, 0.25) is 5.91 Å². The Labute approximate surface area is 310 Å². The lowest BCUT2D eigenvalue weighted by Gasteiger charge is -2.37. The molecule has 5 heterocycles. The average molecular weight is 777 g/mol. The van der Waals surface area contributed by atoms with E-state index >= 15 is 0 Å². The predicted molar refractivity (Wildman–Crippen MR) is 188 cm³/mol. The molecular formula is C33H36ClF3N10O7. The summed E-state index contributed by atoms with van der Waals surface area (Å²) in [5, 5.41) is 23.5. The second kappa shape index (κ2) is 18.1. The van der Waals surface area contributed by atoms with Crippen LogP contribution in [0.5, 0.6) is 0 Å². The first-order valence-corrected chi connectivity index (χ1v) is 16.6. The lowest BCUT2D eigenvalue weighted by atomic mass is 9.96. The number of alkyl halides is 3. The standard InChI is InChI=1S/C31H32ClF3N10O3.2CH2O2/c1-42-24(22-17-45(41-26(22)31(33,34)35)25-5-2-19(36)15-38-25)16-39-27(42)28(46)40-20-3-4-21(23(32)14-20)30(48)44-12-10-43(11-13-44)29(47)18-6-8-37-9-7-18;2*2-1-3/h2-5,14-18,37H,6-13,36H2,1H3,(H,40,46);2*1H,(H,2,3). The molecule has 2 fully saturated rings. The summed E-state index contributed by atoms with van der Waals surface area (Å²) >= 11 is 6.47. The fourth-order valence-corrected chi connectivity index (χ4v) is 6.13. The van der Waals surface area contributed by atoms with Crippen LogP contribution in [0.1, 0.15) is 39.5 Å². The molecule has 3 aromatic heterocycles. The molecule has 2 saturated heterocycles. The Kier molecular flexibility index (Phi) is 13.7. The minimum Gasteiger partial charge on any atom is -0.483 e. The van der Waals surface area contributed by atoms with Gasteiger partial charge in [0.1, 0.15) is 0 Å². The number of rotatable bonds is 6. The molecule has 2 aliphatic rings. The highest BCUT2D eigenvalue weighted by Gasteiger charge is 2.39. The number of amides is 3. The summed E-state index contributed by atoms with van der Waals surface area (Å²) in [6, 6.07) is 7.32. The van der Waals surface area contributed by atoms with Crippen LogP contribution in [0.3, 0.4) is 0 Å². The third-order valence-corrected chi connectivity index (χ3v) is 8.79. The molecule has 54 heavy (non-hydrogen) atoms. The van der Waals surface area contributed by atoms with Crippen molar-refractivity contribution in [2.24, 2.45) is 13.0 Å². The maximum Gasteiger partial charge on any atom is 0.435 e. The van der Waals surface area contributed by atoms with Gasteiger partial charge in [0.05, 0.1) is 39.9 Å². The first-order valence-electron chi connectivity index (χ1n) is 16.2. The number of carboxylic acid groups (broad SMARTS) is 2. The third kappa shape index (κ3) is 9.69. The van der Waals surface area contributed by atoms with E-state index < -0.39 is 17.8 Å². The number of nitrogens with two attached hydrogens (primary N) is 1. The molecule has 6 rings (SSSR count). The summed E-state index contributed by atoms with van der Waals surface area (Å²) in [6.07, 6.45) is 0.413. The number of aromatic nitrogens is 5. The van der Waals surface area contributed by atoms with Crippen LogP contribution in [0, 0.1) is 5.92 Å². The van der Waals surface area contributed by atoms with Gasteiger partial charge in [-0.15, -0.1) is 0 Å². The largest absolute Gasteiger partial charge is 0.483 e. The molecule has 17 nitrogen and oxygen atoms in total. The van der Waals surface area contributed by atoms with Crippen LogP contribution < -0.4 is 16.4 Å². The van der Waals surface area contributed by atoms with Crippen molar-refractivity contribution in [3.63, 3.8) is 0 Å². The van der Waals surface area contributed by atoms with Crippen molar-refractivity contribution < 1.29 is 47.4 Å². The first-order chi connectivity index (χ1) is 25.7. The fraction of sp³-hybridized carbons (Fsp3) is 0.333. The summed E-state index contributed by atoms with van der Waals surface area (Å²) in [4.78, 5) is 67.6. The number of halogens is 4. The van der Waals surface area contributed by atoms with Crippen molar-refractivity contribution in [2.45, 2.75) is 19.0 Å². The molecule has 6 N–H and O–H groups in total. The maximum atomic E-state index is 14.0. The summed E-state index contributed by atoms with van der Waals surface area (Å²) < 4.78 is 44.2. The Morgan fingerprint density at radius 1 is 0.981 bits per heavy atom. The zero-order valence-corrected chi connectivity index (χ0v) is 29.4. The van der Waals surface area contributed by atoms with Crippen molar-refractivity contribution >= 4 is 53.6 Å². The fourth-order valence-electron chi connectivity index (χ4n) is 5.87. The predicted octanol–water partition coefficient (Wildman–Crippen LogP) is 2.86. The van der Waals surface area contributed by atoms with E-state index in [4.69, 9.17) is 37.1 Å². The maximum absolute atomic E-state index is 14.0. The molecule has 4 aromatic rings. The number of nitrogen functional groups attached to an aromatic ring is 1. The summed E-state index contributed by atoms with van der Waals surface area (Å²) in [5.74, 6) is -0.926. The van der Waals surface area contributed by atoms with Crippen molar-refractivity contribution in [1.29, 1.82) is 0 Å². The number of hydrogen-bond acceptors (Lipinski definition) is 10. The third-order valence-electron chi connectivity index (χ3n) is 8.48. The lowest BCUT2D eigenvalue weighted by Crippen LogP contribution is -2.52. The van der Waals surface area contributed by atoms with Crippen molar-refractivity contribution in [3.05, 3.63) is 71.0 Å². The Morgan fingerprint density at radius 2 is 1.61 bits per heavy atom. The summed E-state index contributed by atoms with van der Waals surface area (Å²) in [5.41, 5.74) is 4.96. The van der Waals surface area contributed by atoms with Crippen molar-refractivity contribution in [2.75, 3.05) is 50.3 Å². The molecule has 0 saturated carbocycles. The van der Waals surface area contributed by atoms with E-state index in [0.717, 1.165) is 43.0 Å². The molecule has 0 unspecified atom stereocenters. The zero-order chi connectivity index (χ0) is 39.6. The highest BCUT2D eigenvalue weighted by molar-refractivity contribution is 6.34. The number of nitrogens with zero attached hydrogens (tertiary/aromatic N) is 7.